The number of carbonyl (C=O) groups excluding carboxylic acids is 2. The zero-order chi connectivity index (χ0) is 15.7. The standard InChI is InChI=1S/C14H14N6O2/c1-7-11-12(18-14(15-7)20-19-8(2)21)16-9-5-3-4-6-10(9)17-13(11)22/h3-6H,1-2H3,(H,17,22)(H,19,21)(H2,15,16,18,20). The first-order valence-electron chi connectivity index (χ1n) is 6.63. The second kappa shape index (κ2) is 5.32. The number of benzene rings is 1. The Kier molecular flexibility index (Phi) is 3.34. The molecule has 0 bridgehead atoms. The Morgan fingerprint density at radius 1 is 1.14 bits per heavy atom. The van der Waals surface area contributed by atoms with Crippen LogP contribution in [-0.4, -0.2) is 21.8 Å². The summed E-state index contributed by atoms with van der Waals surface area (Å²) in [6.45, 7) is 3.07. The van der Waals surface area contributed by atoms with Gasteiger partial charge in [-0.15, -0.1) is 0 Å². The molecule has 0 spiro atoms. The van der Waals surface area contributed by atoms with Gasteiger partial charge in [0.05, 0.1) is 17.1 Å². The number of nitrogens with one attached hydrogen (secondary N) is 4. The highest BCUT2D eigenvalue weighted by molar-refractivity contribution is 6.12. The number of nitrogens with zero attached hydrogens (tertiary/aromatic N) is 2. The maximum atomic E-state index is 12.3. The third kappa shape index (κ3) is 2.53. The molecule has 0 atom stereocenters. The molecule has 112 valence electrons. The van der Waals surface area contributed by atoms with Gasteiger partial charge >= 0.3 is 0 Å². The summed E-state index contributed by atoms with van der Waals surface area (Å²) in [5.74, 6) is 0.0252. The van der Waals surface area contributed by atoms with Crippen molar-refractivity contribution in [2.24, 2.45) is 0 Å². The summed E-state index contributed by atoms with van der Waals surface area (Å²) in [4.78, 5) is 31.7. The lowest BCUT2D eigenvalue weighted by Gasteiger charge is -2.11. The Bertz CT molecular complexity index is 774. The van der Waals surface area contributed by atoms with E-state index in [1.807, 2.05) is 18.2 Å². The van der Waals surface area contributed by atoms with E-state index in [1.165, 1.54) is 6.92 Å². The molecule has 8 heteroatoms. The molecule has 8 nitrogen and oxygen atoms in total. The van der Waals surface area contributed by atoms with Gasteiger partial charge in [0.1, 0.15) is 11.4 Å². The Hall–Kier alpha value is -3.16. The molecule has 3 rings (SSSR count). The third-order valence-corrected chi connectivity index (χ3v) is 3.10. The number of hydrogen-bond acceptors (Lipinski definition) is 6. The van der Waals surface area contributed by atoms with Gasteiger partial charge in [-0.25, -0.2) is 4.98 Å². The fourth-order valence-electron chi connectivity index (χ4n) is 2.15. The zero-order valence-corrected chi connectivity index (χ0v) is 12.0. The third-order valence-electron chi connectivity index (χ3n) is 3.10. The molecular weight excluding hydrogens is 284 g/mol. The lowest BCUT2D eigenvalue weighted by atomic mass is 10.2. The molecule has 0 unspecified atom stereocenters. The highest BCUT2D eigenvalue weighted by Crippen LogP contribution is 2.31. The van der Waals surface area contributed by atoms with Crippen LogP contribution in [0.25, 0.3) is 0 Å². The minimum atomic E-state index is -0.281. The zero-order valence-electron chi connectivity index (χ0n) is 12.0. The van der Waals surface area contributed by atoms with E-state index >= 15 is 0 Å². The average Bonchev–Trinajstić information content (AvgIpc) is 2.60. The van der Waals surface area contributed by atoms with Crippen LogP contribution in [-0.2, 0) is 4.79 Å². The van der Waals surface area contributed by atoms with Gasteiger partial charge in [-0.2, -0.15) is 4.98 Å². The predicted molar refractivity (Wildman–Crippen MR) is 81.9 cm³/mol. The monoisotopic (exact) mass is 298 g/mol. The summed E-state index contributed by atoms with van der Waals surface area (Å²) < 4.78 is 0. The Labute approximate surface area is 126 Å². The molecule has 0 saturated heterocycles. The van der Waals surface area contributed by atoms with E-state index in [0.717, 1.165) is 5.69 Å². The van der Waals surface area contributed by atoms with Crippen LogP contribution in [0.4, 0.5) is 23.1 Å². The van der Waals surface area contributed by atoms with Crippen LogP contribution in [0.15, 0.2) is 24.3 Å². The Morgan fingerprint density at radius 2 is 1.82 bits per heavy atom. The van der Waals surface area contributed by atoms with Gasteiger partial charge < -0.3 is 10.6 Å². The molecule has 0 fully saturated rings. The predicted octanol–water partition coefficient (Wildman–Crippen LogP) is 1.56. The van der Waals surface area contributed by atoms with E-state index in [2.05, 4.69) is 31.5 Å². The smallest absolute Gasteiger partial charge is 0.261 e. The number of rotatable bonds is 2. The van der Waals surface area contributed by atoms with Gasteiger partial charge in [0.2, 0.25) is 11.9 Å². The quantitative estimate of drug-likeness (QED) is 0.627. The SMILES string of the molecule is CC(=O)NNc1nc(C)c2c(n1)Nc1ccccc1NC2=O. The van der Waals surface area contributed by atoms with Gasteiger partial charge in [0.25, 0.3) is 5.91 Å². The van der Waals surface area contributed by atoms with E-state index in [0.29, 0.717) is 22.8 Å². The number of hydrazine groups is 1. The molecule has 22 heavy (non-hydrogen) atoms. The van der Waals surface area contributed by atoms with Crippen LogP contribution < -0.4 is 21.5 Å². The highest BCUT2D eigenvalue weighted by atomic mass is 16.2. The lowest BCUT2D eigenvalue weighted by molar-refractivity contribution is -0.118. The summed E-state index contributed by atoms with van der Waals surface area (Å²) in [7, 11) is 0. The van der Waals surface area contributed by atoms with Crippen LogP contribution in [0.1, 0.15) is 23.0 Å². The van der Waals surface area contributed by atoms with Crippen molar-refractivity contribution in [3.63, 3.8) is 0 Å². The second-order valence-electron chi connectivity index (χ2n) is 4.79. The first-order valence-corrected chi connectivity index (χ1v) is 6.63. The van der Waals surface area contributed by atoms with Crippen molar-refractivity contribution >= 4 is 35.0 Å². The maximum absolute atomic E-state index is 12.3. The molecule has 1 aliphatic rings. The number of hydrogen-bond donors (Lipinski definition) is 4. The minimum absolute atomic E-state index is 0.200. The first kappa shape index (κ1) is 13.8. The maximum Gasteiger partial charge on any atom is 0.261 e. The van der Waals surface area contributed by atoms with Crippen molar-refractivity contribution in [2.75, 3.05) is 16.1 Å². The summed E-state index contributed by atoms with van der Waals surface area (Å²) in [6, 6.07) is 7.32. The Balaban J connectivity index is 2.04. The summed E-state index contributed by atoms with van der Waals surface area (Å²) in [5, 5.41) is 5.93. The number of aryl methyl sites for hydroxylation is 1. The number of anilines is 4. The number of para-hydroxylation sites is 2. The normalized spacial score (nSPS) is 12.2. The molecule has 0 saturated carbocycles. The van der Waals surface area contributed by atoms with Crippen LogP contribution in [0.5, 0.6) is 0 Å². The van der Waals surface area contributed by atoms with Crippen molar-refractivity contribution in [2.45, 2.75) is 13.8 Å². The van der Waals surface area contributed by atoms with E-state index < -0.39 is 0 Å². The van der Waals surface area contributed by atoms with Crippen molar-refractivity contribution in [3.8, 4) is 0 Å². The van der Waals surface area contributed by atoms with Crippen LogP contribution in [0, 0.1) is 6.92 Å². The number of fused-ring (bicyclic) bond motifs is 2. The van der Waals surface area contributed by atoms with E-state index in [4.69, 9.17) is 0 Å². The molecular formula is C14H14N6O2. The molecule has 1 aromatic carbocycles. The number of amides is 2. The van der Waals surface area contributed by atoms with Gasteiger partial charge in [0, 0.05) is 6.92 Å². The van der Waals surface area contributed by atoms with Crippen molar-refractivity contribution < 1.29 is 9.59 Å². The fourth-order valence-corrected chi connectivity index (χ4v) is 2.15. The molecule has 2 heterocycles. The van der Waals surface area contributed by atoms with Crippen LogP contribution in [0.2, 0.25) is 0 Å². The van der Waals surface area contributed by atoms with Crippen molar-refractivity contribution in [1.82, 2.24) is 15.4 Å². The largest absolute Gasteiger partial charge is 0.338 e. The number of aromatic nitrogens is 2. The minimum Gasteiger partial charge on any atom is -0.338 e. The van der Waals surface area contributed by atoms with Gasteiger partial charge in [-0.05, 0) is 19.1 Å². The van der Waals surface area contributed by atoms with Crippen LogP contribution in [0.3, 0.4) is 0 Å². The highest BCUT2D eigenvalue weighted by Gasteiger charge is 2.23. The molecule has 2 amide bonds. The topological polar surface area (TPSA) is 108 Å². The Morgan fingerprint density at radius 3 is 2.50 bits per heavy atom. The van der Waals surface area contributed by atoms with Crippen LogP contribution >= 0.6 is 0 Å². The van der Waals surface area contributed by atoms with Crippen molar-refractivity contribution in [3.05, 3.63) is 35.5 Å². The van der Waals surface area contributed by atoms with E-state index in [9.17, 15) is 9.59 Å². The summed E-state index contributed by atoms with van der Waals surface area (Å²) >= 11 is 0. The summed E-state index contributed by atoms with van der Waals surface area (Å²) in [5.41, 5.74) is 7.26. The van der Waals surface area contributed by atoms with Crippen molar-refractivity contribution in [1.29, 1.82) is 0 Å². The average molecular weight is 298 g/mol. The molecule has 1 aliphatic heterocycles. The molecule has 2 aromatic rings. The van der Waals surface area contributed by atoms with Gasteiger partial charge in [-0.1, -0.05) is 12.1 Å². The van der Waals surface area contributed by atoms with E-state index in [-0.39, 0.29) is 17.8 Å². The second-order valence-corrected chi connectivity index (χ2v) is 4.79. The van der Waals surface area contributed by atoms with Gasteiger partial charge in [0.15, 0.2) is 0 Å². The van der Waals surface area contributed by atoms with Gasteiger partial charge in [-0.3, -0.25) is 20.4 Å². The lowest BCUT2D eigenvalue weighted by Crippen LogP contribution is -2.28. The fraction of sp³-hybridized carbons (Fsp3) is 0.143. The first-order chi connectivity index (χ1) is 10.5. The van der Waals surface area contributed by atoms with E-state index in [1.54, 1.807) is 13.0 Å². The molecule has 0 radical (unpaired) electrons. The molecule has 4 N–H and O–H groups in total. The summed E-state index contributed by atoms with van der Waals surface area (Å²) in [6.07, 6.45) is 0. The molecule has 1 aromatic heterocycles. The molecule has 0 aliphatic carbocycles. The number of carbonyl (C=O) groups is 2.